The molecule has 3 aromatic carbocycles. The summed E-state index contributed by atoms with van der Waals surface area (Å²) in [6.07, 6.45) is -4.78. The number of rotatable bonds is 3. The van der Waals surface area contributed by atoms with Crippen molar-refractivity contribution < 1.29 is 18.0 Å². The van der Waals surface area contributed by atoms with Crippen molar-refractivity contribution in [3.8, 4) is 0 Å². The Morgan fingerprint density at radius 1 is 0.853 bits per heavy atom. The normalized spacial score (nSPS) is 19.9. The molecule has 1 fully saturated rings. The van der Waals surface area contributed by atoms with Crippen LogP contribution in [0.15, 0.2) is 71.7 Å². The van der Waals surface area contributed by atoms with E-state index in [1.54, 1.807) is 30.3 Å². The van der Waals surface area contributed by atoms with E-state index in [1.165, 1.54) is 29.2 Å². The van der Waals surface area contributed by atoms with E-state index in [9.17, 15) is 18.0 Å². The number of thioether (sulfide) groups is 1. The fourth-order valence-electron chi connectivity index (χ4n) is 3.67. The predicted molar refractivity (Wildman–Crippen MR) is 132 cm³/mol. The Hall–Kier alpha value is -3.26. The molecule has 1 aliphatic rings. The summed E-state index contributed by atoms with van der Waals surface area (Å²) in [5, 5.41) is 2.19. The lowest BCUT2D eigenvalue weighted by molar-refractivity contribution is -0.167. The molecule has 0 bridgehead atoms. The summed E-state index contributed by atoms with van der Waals surface area (Å²) in [5.41, 5.74) is 4.76. The molecule has 0 aromatic heterocycles. The molecule has 3 aromatic rings. The molecule has 1 heterocycles. The van der Waals surface area contributed by atoms with Crippen LogP contribution in [0.4, 0.5) is 29.3 Å². The van der Waals surface area contributed by atoms with Crippen molar-refractivity contribution in [3.63, 3.8) is 0 Å². The van der Waals surface area contributed by atoms with Gasteiger partial charge in [-0.25, -0.2) is 14.7 Å². The SMILES string of the molecule is Cc1ccc(N=C2S[C@@](c3ccccc3)(C(F)(F)F)NC(=O)N2c2ccc(C)c(C)c2)cc1C. The number of hydrogen-bond acceptors (Lipinski definition) is 3. The summed E-state index contributed by atoms with van der Waals surface area (Å²) in [6, 6.07) is 17.2. The van der Waals surface area contributed by atoms with Gasteiger partial charge in [0.25, 0.3) is 0 Å². The zero-order valence-corrected chi connectivity index (χ0v) is 20.0. The maximum atomic E-state index is 14.6. The van der Waals surface area contributed by atoms with Crippen molar-refractivity contribution >= 4 is 34.3 Å². The molecule has 176 valence electrons. The molecule has 0 saturated carbocycles. The number of halogens is 3. The fraction of sp³-hybridized carbons (Fsp3) is 0.231. The van der Waals surface area contributed by atoms with Crippen LogP contribution in [0.5, 0.6) is 0 Å². The third-order valence-electron chi connectivity index (χ3n) is 5.97. The zero-order valence-electron chi connectivity index (χ0n) is 19.2. The molecule has 2 amide bonds. The van der Waals surface area contributed by atoms with Gasteiger partial charge in [0, 0.05) is 0 Å². The van der Waals surface area contributed by atoms with Crippen LogP contribution < -0.4 is 10.2 Å². The smallest absolute Gasteiger partial charge is 0.311 e. The highest BCUT2D eigenvalue weighted by atomic mass is 32.2. The molecule has 4 nitrogen and oxygen atoms in total. The second-order valence-corrected chi connectivity index (χ2v) is 9.53. The van der Waals surface area contributed by atoms with Crippen molar-refractivity contribution in [2.75, 3.05) is 4.90 Å². The summed E-state index contributed by atoms with van der Waals surface area (Å²) < 4.78 is 43.9. The Labute approximate surface area is 200 Å². The molecule has 1 saturated heterocycles. The van der Waals surface area contributed by atoms with Crippen LogP contribution in [0.2, 0.25) is 0 Å². The minimum atomic E-state index is -4.78. The van der Waals surface area contributed by atoms with Gasteiger partial charge < -0.3 is 5.32 Å². The first-order valence-corrected chi connectivity index (χ1v) is 11.5. The molecule has 0 radical (unpaired) electrons. The highest BCUT2D eigenvalue weighted by Gasteiger charge is 2.62. The summed E-state index contributed by atoms with van der Waals surface area (Å²) >= 11 is 0.480. The Morgan fingerprint density at radius 3 is 2.06 bits per heavy atom. The largest absolute Gasteiger partial charge is 0.425 e. The molecule has 34 heavy (non-hydrogen) atoms. The first-order valence-electron chi connectivity index (χ1n) is 10.7. The van der Waals surface area contributed by atoms with Crippen molar-refractivity contribution in [1.29, 1.82) is 0 Å². The van der Waals surface area contributed by atoms with Crippen LogP contribution in [0, 0.1) is 27.7 Å². The van der Waals surface area contributed by atoms with Gasteiger partial charge in [-0.15, -0.1) is 0 Å². The number of carbonyl (C=O) groups is 1. The molecule has 1 aliphatic heterocycles. The highest BCUT2D eigenvalue weighted by molar-refractivity contribution is 8.15. The molecule has 1 N–H and O–H groups in total. The van der Waals surface area contributed by atoms with Crippen LogP contribution in [0.1, 0.15) is 27.8 Å². The lowest BCUT2D eigenvalue weighted by Gasteiger charge is -2.43. The summed E-state index contributed by atoms with van der Waals surface area (Å²) in [7, 11) is 0. The van der Waals surface area contributed by atoms with Gasteiger partial charge in [-0.05, 0) is 91.5 Å². The van der Waals surface area contributed by atoms with E-state index in [2.05, 4.69) is 10.3 Å². The van der Waals surface area contributed by atoms with Gasteiger partial charge in [-0.2, -0.15) is 13.2 Å². The second kappa shape index (κ2) is 8.83. The summed E-state index contributed by atoms with van der Waals surface area (Å²) in [5.74, 6) is 0. The Bertz CT molecular complexity index is 1270. The van der Waals surface area contributed by atoms with E-state index in [0.29, 0.717) is 23.1 Å². The number of hydrogen-bond donors (Lipinski definition) is 1. The van der Waals surface area contributed by atoms with Crippen molar-refractivity contribution in [1.82, 2.24) is 5.32 Å². The van der Waals surface area contributed by atoms with Gasteiger partial charge >= 0.3 is 12.2 Å². The van der Waals surface area contributed by atoms with E-state index >= 15 is 0 Å². The van der Waals surface area contributed by atoms with Crippen molar-refractivity contribution in [3.05, 3.63) is 94.5 Å². The Kier molecular flexibility index (Phi) is 6.20. The Balaban J connectivity index is 1.92. The van der Waals surface area contributed by atoms with Crippen LogP contribution in [-0.2, 0) is 4.87 Å². The number of amidine groups is 1. The van der Waals surface area contributed by atoms with E-state index in [0.717, 1.165) is 22.3 Å². The van der Waals surface area contributed by atoms with Gasteiger partial charge in [0.15, 0.2) is 5.17 Å². The van der Waals surface area contributed by atoms with Gasteiger partial charge in [0.1, 0.15) is 0 Å². The van der Waals surface area contributed by atoms with Gasteiger partial charge in [-0.1, -0.05) is 42.5 Å². The number of urea groups is 1. The number of nitrogens with zero attached hydrogens (tertiary/aromatic N) is 2. The second-order valence-electron chi connectivity index (χ2n) is 8.34. The molecule has 1 atom stereocenters. The van der Waals surface area contributed by atoms with Crippen LogP contribution in [0.25, 0.3) is 0 Å². The molecule has 4 rings (SSSR count). The van der Waals surface area contributed by atoms with Gasteiger partial charge in [0.05, 0.1) is 11.4 Å². The number of nitrogens with one attached hydrogen (secondary N) is 1. The standard InChI is InChI=1S/C26H24F3N3OS/c1-16-10-12-21(14-18(16)3)30-24-32(22-13-11-17(2)19(4)15-22)23(33)31-25(34-24,26(27,28)29)20-8-6-5-7-9-20/h5-15H,1-4H3,(H,31,33)/t25-/m0/s1. The van der Waals surface area contributed by atoms with Gasteiger partial charge in [-0.3, -0.25) is 0 Å². The summed E-state index contributed by atoms with van der Waals surface area (Å²) in [6.45, 7) is 7.67. The quantitative estimate of drug-likeness (QED) is 0.425. The van der Waals surface area contributed by atoms with E-state index in [4.69, 9.17) is 0 Å². The third kappa shape index (κ3) is 4.30. The molecule has 0 aliphatic carbocycles. The van der Waals surface area contributed by atoms with E-state index in [-0.39, 0.29) is 10.7 Å². The number of amides is 2. The summed E-state index contributed by atoms with van der Waals surface area (Å²) in [4.78, 5) is 16.5. The monoisotopic (exact) mass is 483 g/mol. The van der Waals surface area contributed by atoms with Crippen molar-refractivity contribution in [2.45, 2.75) is 38.7 Å². The minimum Gasteiger partial charge on any atom is -0.311 e. The first kappa shape index (κ1) is 23.9. The van der Waals surface area contributed by atoms with E-state index < -0.39 is 17.1 Å². The lowest BCUT2D eigenvalue weighted by atomic mass is 10.1. The maximum Gasteiger partial charge on any atom is 0.425 e. The molecular weight excluding hydrogens is 459 g/mol. The minimum absolute atomic E-state index is 0.0589. The lowest BCUT2D eigenvalue weighted by Crippen LogP contribution is -2.63. The highest BCUT2D eigenvalue weighted by Crippen LogP contribution is 2.51. The number of carbonyl (C=O) groups excluding carboxylic acids is 1. The molecule has 0 unspecified atom stereocenters. The fourth-order valence-corrected chi connectivity index (χ4v) is 4.88. The average molecular weight is 484 g/mol. The van der Waals surface area contributed by atoms with Gasteiger partial charge in [0.2, 0.25) is 4.87 Å². The number of alkyl halides is 3. The average Bonchev–Trinajstić information content (AvgIpc) is 2.78. The number of benzene rings is 3. The van der Waals surface area contributed by atoms with E-state index in [1.807, 2.05) is 39.8 Å². The van der Waals surface area contributed by atoms with Crippen LogP contribution >= 0.6 is 11.8 Å². The first-order chi connectivity index (χ1) is 16.0. The molecule has 0 spiro atoms. The topological polar surface area (TPSA) is 44.7 Å². The molecule has 8 heteroatoms. The molecular formula is C26H24F3N3OS. The number of aryl methyl sites for hydroxylation is 4. The van der Waals surface area contributed by atoms with Crippen LogP contribution in [0.3, 0.4) is 0 Å². The van der Waals surface area contributed by atoms with Crippen LogP contribution in [-0.4, -0.2) is 17.4 Å². The number of anilines is 1. The Morgan fingerprint density at radius 2 is 1.47 bits per heavy atom. The predicted octanol–water partition coefficient (Wildman–Crippen LogP) is 7.29. The maximum absolute atomic E-state index is 14.6. The third-order valence-corrected chi connectivity index (χ3v) is 7.30. The van der Waals surface area contributed by atoms with Crippen molar-refractivity contribution in [2.24, 2.45) is 4.99 Å². The number of aliphatic imine (C=N–C) groups is 1. The zero-order chi connectivity index (χ0) is 24.7.